The van der Waals surface area contributed by atoms with E-state index >= 15 is 0 Å². The highest BCUT2D eigenvalue weighted by molar-refractivity contribution is 7.22. The van der Waals surface area contributed by atoms with Crippen LogP contribution in [0.15, 0.2) is 60.7 Å². The van der Waals surface area contributed by atoms with Crippen LogP contribution in [0.1, 0.15) is 28.4 Å². The fourth-order valence-electron chi connectivity index (χ4n) is 3.66. The van der Waals surface area contributed by atoms with Gasteiger partial charge in [0.2, 0.25) is 0 Å². The third-order valence-corrected chi connectivity index (χ3v) is 6.54. The van der Waals surface area contributed by atoms with E-state index in [9.17, 15) is 14.3 Å². The minimum absolute atomic E-state index is 0.235. The number of hydrogen-bond donors (Lipinski definition) is 1. The SMILES string of the molecule is CCOc1ccc(CCN(Cc2ccc(C(=O)O)cc2)c2nc3cccc(F)c3s2)cc1OC. The topological polar surface area (TPSA) is 71.9 Å². The number of aromatic nitrogens is 1. The molecule has 0 saturated carbocycles. The highest BCUT2D eigenvalue weighted by Gasteiger charge is 2.16. The molecule has 1 heterocycles. The summed E-state index contributed by atoms with van der Waals surface area (Å²) in [5.74, 6) is 0.126. The van der Waals surface area contributed by atoms with Crippen molar-refractivity contribution in [3.63, 3.8) is 0 Å². The molecule has 176 valence electrons. The van der Waals surface area contributed by atoms with Crippen LogP contribution in [-0.2, 0) is 13.0 Å². The molecule has 1 aromatic heterocycles. The number of aromatic carboxylic acids is 1. The number of nitrogens with zero attached hydrogens (tertiary/aromatic N) is 2. The molecule has 0 aliphatic heterocycles. The van der Waals surface area contributed by atoms with Gasteiger partial charge < -0.3 is 19.5 Å². The Morgan fingerprint density at radius 2 is 1.85 bits per heavy atom. The number of ether oxygens (including phenoxy) is 2. The van der Waals surface area contributed by atoms with Crippen molar-refractivity contribution < 1.29 is 23.8 Å². The Bertz CT molecular complexity index is 1290. The number of halogens is 1. The Balaban J connectivity index is 1.60. The molecule has 0 bridgehead atoms. The first-order chi connectivity index (χ1) is 16.5. The first-order valence-corrected chi connectivity index (χ1v) is 11.7. The zero-order valence-corrected chi connectivity index (χ0v) is 19.8. The van der Waals surface area contributed by atoms with Crippen LogP contribution >= 0.6 is 11.3 Å². The minimum atomic E-state index is -0.963. The lowest BCUT2D eigenvalue weighted by molar-refractivity contribution is 0.0697. The van der Waals surface area contributed by atoms with Crippen molar-refractivity contribution in [3.8, 4) is 11.5 Å². The van der Waals surface area contributed by atoms with E-state index in [-0.39, 0.29) is 11.4 Å². The minimum Gasteiger partial charge on any atom is -0.493 e. The highest BCUT2D eigenvalue weighted by Crippen LogP contribution is 2.32. The van der Waals surface area contributed by atoms with Crippen molar-refractivity contribution in [2.75, 3.05) is 25.2 Å². The van der Waals surface area contributed by atoms with Crippen LogP contribution in [0.25, 0.3) is 10.2 Å². The second kappa shape index (κ2) is 10.5. The highest BCUT2D eigenvalue weighted by atomic mass is 32.1. The van der Waals surface area contributed by atoms with E-state index in [1.807, 2.05) is 25.1 Å². The fraction of sp³-hybridized carbons (Fsp3) is 0.231. The van der Waals surface area contributed by atoms with Crippen LogP contribution in [0, 0.1) is 5.82 Å². The van der Waals surface area contributed by atoms with Gasteiger partial charge in [-0.25, -0.2) is 14.2 Å². The molecule has 3 aromatic carbocycles. The van der Waals surface area contributed by atoms with E-state index in [0.29, 0.717) is 53.0 Å². The number of fused-ring (bicyclic) bond motifs is 1. The summed E-state index contributed by atoms with van der Waals surface area (Å²) in [4.78, 5) is 17.9. The lowest BCUT2D eigenvalue weighted by Gasteiger charge is -2.22. The first kappa shape index (κ1) is 23.5. The van der Waals surface area contributed by atoms with E-state index in [2.05, 4.69) is 9.88 Å². The maximum absolute atomic E-state index is 14.3. The van der Waals surface area contributed by atoms with Gasteiger partial charge in [-0.05, 0) is 60.9 Å². The molecule has 6 nitrogen and oxygen atoms in total. The Kier molecular flexibility index (Phi) is 7.27. The molecule has 4 aromatic rings. The van der Waals surface area contributed by atoms with Gasteiger partial charge in [-0.15, -0.1) is 0 Å². The lowest BCUT2D eigenvalue weighted by atomic mass is 10.1. The molecule has 0 fully saturated rings. The Labute approximate surface area is 201 Å². The summed E-state index contributed by atoms with van der Waals surface area (Å²) >= 11 is 1.31. The summed E-state index contributed by atoms with van der Waals surface area (Å²) in [6, 6.07) is 17.5. The number of carbonyl (C=O) groups is 1. The summed E-state index contributed by atoms with van der Waals surface area (Å²) < 4.78 is 25.9. The Hall–Kier alpha value is -3.65. The molecule has 0 aliphatic rings. The number of rotatable bonds is 10. The van der Waals surface area contributed by atoms with Gasteiger partial charge in [0.05, 0.1) is 29.5 Å². The number of carboxylic acid groups (broad SMARTS) is 1. The molecule has 0 atom stereocenters. The summed E-state index contributed by atoms with van der Waals surface area (Å²) in [5, 5.41) is 9.88. The number of methoxy groups -OCH3 is 1. The van der Waals surface area contributed by atoms with Crippen LogP contribution in [0.3, 0.4) is 0 Å². The third kappa shape index (κ3) is 5.28. The fourth-order valence-corrected chi connectivity index (χ4v) is 4.66. The van der Waals surface area contributed by atoms with E-state index in [4.69, 9.17) is 9.47 Å². The van der Waals surface area contributed by atoms with Gasteiger partial charge in [0.1, 0.15) is 5.82 Å². The molecule has 0 aliphatic carbocycles. The molecule has 0 amide bonds. The summed E-state index contributed by atoms with van der Waals surface area (Å²) in [6.07, 6.45) is 0.703. The molecule has 4 rings (SSSR count). The van der Waals surface area contributed by atoms with Crippen molar-refractivity contribution in [1.82, 2.24) is 4.98 Å². The number of thiazole rings is 1. The Morgan fingerprint density at radius 3 is 2.53 bits per heavy atom. The van der Waals surface area contributed by atoms with Crippen molar-refractivity contribution in [2.24, 2.45) is 0 Å². The first-order valence-electron chi connectivity index (χ1n) is 10.9. The van der Waals surface area contributed by atoms with Gasteiger partial charge in [0, 0.05) is 13.1 Å². The number of benzene rings is 3. The predicted molar refractivity (Wildman–Crippen MR) is 132 cm³/mol. The van der Waals surface area contributed by atoms with Gasteiger partial charge in [-0.1, -0.05) is 35.6 Å². The van der Waals surface area contributed by atoms with Crippen LogP contribution < -0.4 is 14.4 Å². The molecule has 0 radical (unpaired) electrons. The second-order valence-corrected chi connectivity index (χ2v) is 8.65. The molecule has 0 unspecified atom stereocenters. The van der Waals surface area contributed by atoms with Crippen LogP contribution in [-0.4, -0.2) is 36.3 Å². The maximum atomic E-state index is 14.3. The summed E-state index contributed by atoms with van der Waals surface area (Å²) in [7, 11) is 1.62. The predicted octanol–water partition coefficient (Wildman–Crippen LogP) is 5.79. The molecular formula is C26H25FN2O4S. The van der Waals surface area contributed by atoms with Crippen molar-refractivity contribution in [3.05, 3.63) is 83.2 Å². The second-order valence-electron chi connectivity index (χ2n) is 7.68. The monoisotopic (exact) mass is 480 g/mol. The van der Waals surface area contributed by atoms with E-state index in [1.165, 1.54) is 17.4 Å². The largest absolute Gasteiger partial charge is 0.493 e. The average molecular weight is 481 g/mol. The normalized spacial score (nSPS) is 10.9. The number of carboxylic acids is 1. The zero-order valence-electron chi connectivity index (χ0n) is 19.0. The van der Waals surface area contributed by atoms with Crippen LogP contribution in [0.2, 0.25) is 0 Å². The quantitative estimate of drug-likeness (QED) is 0.310. The van der Waals surface area contributed by atoms with Crippen LogP contribution in [0.4, 0.5) is 9.52 Å². The smallest absolute Gasteiger partial charge is 0.335 e. The average Bonchev–Trinajstić information content (AvgIpc) is 3.28. The molecule has 0 spiro atoms. The van der Waals surface area contributed by atoms with Crippen LogP contribution in [0.5, 0.6) is 11.5 Å². The molecule has 8 heteroatoms. The van der Waals surface area contributed by atoms with E-state index < -0.39 is 5.97 Å². The summed E-state index contributed by atoms with van der Waals surface area (Å²) in [6.45, 7) is 3.61. The van der Waals surface area contributed by atoms with Gasteiger partial charge in [0.15, 0.2) is 16.6 Å². The van der Waals surface area contributed by atoms with E-state index in [0.717, 1.165) is 11.1 Å². The third-order valence-electron chi connectivity index (χ3n) is 5.40. The van der Waals surface area contributed by atoms with Crippen molar-refractivity contribution in [2.45, 2.75) is 19.9 Å². The maximum Gasteiger partial charge on any atom is 0.335 e. The summed E-state index contributed by atoms with van der Waals surface area (Å²) in [5.41, 5.74) is 2.86. The molecular weight excluding hydrogens is 455 g/mol. The zero-order chi connectivity index (χ0) is 24.1. The van der Waals surface area contributed by atoms with Gasteiger partial charge in [-0.3, -0.25) is 0 Å². The van der Waals surface area contributed by atoms with Crippen molar-refractivity contribution in [1.29, 1.82) is 0 Å². The lowest BCUT2D eigenvalue weighted by Crippen LogP contribution is -2.25. The van der Waals surface area contributed by atoms with Gasteiger partial charge in [-0.2, -0.15) is 0 Å². The molecule has 34 heavy (non-hydrogen) atoms. The van der Waals surface area contributed by atoms with E-state index in [1.54, 1.807) is 43.5 Å². The standard InChI is InChI=1S/C26H25FN2O4S/c1-3-33-22-12-9-17(15-23(22)32-2)13-14-29(16-18-7-10-19(11-8-18)25(30)31)26-28-21-6-4-5-20(27)24(21)34-26/h4-12,15H,3,13-14,16H2,1-2H3,(H,30,31). The van der Waals surface area contributed by atoms with Gasteiger partial charge >= 0.3 is 5.97 Å². The van der Waals surface area contributed by atoms with Gasteiger partial charge in [0.25, 0.3) is 0 Å². The number of anilines is 1. The van der Waals surface area contributed by atoms with Crippen molar-refractivity contribution >= 4 is 32.7 Å². The number of hydrogen-bond acceptors (Lipinski definition) is 6. The molecule has 1 N–H and O–H groups in total. The molecule has 0 saturated heterocycles. The Morgan fingerprint density at radius 1 is 1.09 bits per heavy atom.